The van der Waals surface area contributed by atoms with Crippen LogP contribution < -0.4 is 4.90 Å². The van der Waals surface area contributed by atoms with E-state index < -0.39 is 0 Å². The van der Waals surface area contributed by atoms with Crippen molar-refractivity contribution in [2.24, 2.45) is 0 Å². The molecule has 15 heavy (non-hydrogen) atoms. The van der Waals surface area contributed by atoms with Gasteiger partial charge in [0.25, 0.3) is 0 Å². The van der Waals surface area contributed by atoms with E-state index in [1.165, 1.54) is 25.7 Å². The summed E-state index contributed by atoms with van der Waals surface area (Å²) in [5.74, 6) is 0.955. The van der Waals surface area contributed by atoms with Crippen molar-refractivity contribution in [3.63, 3.8) is 0 Å². The van der Waals surface area contributed by atoms with E-state index in [-0.39, 0.29) is 0 Å². The molecular weight excluding hydrogens is 186 g/mol. The molecule has 0 unspecified atom stereocenters. The highest BCUT2D eigenvalue weighted by molar-refractivity contribution is 5.44. The molecule has 0 aliphatic carbocycles. The normalized spacial score (nSPS) is 16.9. The fourth-order valence-corrected chi connectivity index (χ4v) is 1.96. The van der Waals surface area contributed by atoms with Crippen LogP contribution in [0.2, 0.25) is 0 Å². The second-order valence-electron chi connectivity index (χ2n) is 3.92. The highest BCUT2D eigenvalue weighted by Gasteiger charge is 2.10. The van der Waals surface area contributed by atoms with Crippen molar-refractivity contribution in [3.8, 4) is 6.07 Å². The molecule has 0 aromatic carbocycles. The molecule has 1 aromatic rings. The van der Waals surface area contributed by atoms with Crippen molar-refractivity contribution in [2.45, 2.75) is 25.7 Å². The Balaban J connectivity index is 2.16. The van der Waals surface area contributed by atoms with E-state index in [0.717, 1.165) is 18.9 Å². The lowest BCUT2D eigenvalue weighted by Crippen LogP contribution is -2.24. The van der Waals surface area contributed by atoms with Gasteiger partial charge in [-0.15, -0.1) is 0 Å². The van der Waals surface area contributed by atoms with Gasteiger partial charge in [-0.05, 0) is 25.0 Å². The Morgan fingerprint density at radius 2 is 1.93 bits per heavy atom. The summed E-state index contributed by atoms with van der Waals surface area (Å²) in [5.41, 5.74) is 0.698. The lowest BCUT2D eigenvalue weighted by molar-refractivity contribution is 0.726. The maximum absolute atomic E-state index is 8.82. The molecule has 1 saturated heterocycles. The third kappa shape index (κ3) is 2.47. The maximum Gasteiger partial charge on any atom is 0.129 e. The molecule has 0 atom stereocenters. The van der Waals surface area contributed by atoms with Crippen LogP contribution in [0.4, 0.5) is 5.82 Å². The highest BCUT2D eigenvalue weighted by atomic mass is 15.2. The van der Waals surface area contributed by atoms with Gasteiger partial charge in [0.05, 0.1) is 11.6 Å². The molecule has 1 aliphatic heterocycles. The van der Waals surface area contributed by atoms with Crippen molar-refractivity contribution < 1.29 is 0 Å². The molecule has 3 nitrogen and oxygen atoms in total. The molecule has 0 spiro atoms. The predicted octanol–water partition coefficient (Wildman–Crippen LogP) is 2.33. The Bertz CT molecular complexity index is 359. The summed E-state index contributed by atoms with van der Waals surface area (Å²) in [4.78, 5) is 6.61. The molecule has 2 heterocycles. The second-order valence-corrected chi connectivity index (χ2v) is 3.92. The average Bonchev–Trinajstić information content (AvgIpc) is 2.58. The van der Waals surface area contributed by atoms with Crippen LogP contribution in [-0.2, 0) is 0 Å². The lowest BCUT2D eigenvalue weighted by atomic mass is 10.2. The van der Waals surface area contributed by atoms with Gasteiger partial charge in [0.1, 0.15) is 5.82 Å². The number of hydrogen-bond donors (Lipinski definition) is 0. The second kappa shape index (κ2) is 4.79. The molecule has 0 saturated carbocycles. The first-order valence-electron chi connectivity index (χ1n) is 5.51. The Morgan fingerprint density at radius 1 is 1.20 bits per heavy atom. The molecule has 0 radical (unpaired) electrons. The summed E-state index contributed by atoms with van der Waals surface area (Å²) >= 11 is 0. The summed E-state index contributed by atoms with van der Waals surface area (Å²) in [6.07, 6.45) is 6.82. The third-order valence-corrected chi connectivity index (χ3v) is 2.80. The molecule has 0 N–H and O–H groups in total. The van der Waals surface area contributed by atoms with E-state index in [1.807, 2.05) is 6.07 Å². The Labute approximate surface area is 90.4 Å². The quantitative estimate of drug-likeness (QED) is 0.700. The van der Waals surface area contributed by atoms with Crippen LogP contribution in [0.3, 0.4) is 0 Å². The topological polar surface area (TPSA) is 39.9 Å². The fourth-order valence-electron chi connectivity index (χ4n) is 1.96. The van der Waals surface area contributed by atoms with Crippen LogP contribution in [0.5, 0.6) is 0 Å². The van der Waals surface area contributed by atoms with Crippen molar-refractivity contribution >= 4 is 5.82 Å². The predicted molar refractivity (Wildman–Crippen MR) is 59.6 cm³/mol. The average molecular weight is 201 g/mol. The third-order valence-electron chi connectivity index (χ3n) is 2.80. The van der Waals surface area contributed by atoms with E-state index in [4.69, 9.17) is 5.26 Å². The first-order valence-corrected chi connectivity index (χ1v) is 5.51. The van der Waals surface area contributed by atoms with Crippen molar-refractivity contribution in [3.05, 3.63) is 23.9 Å². The van der Waals surface area contributed by atoms with Gasteiger partial charge in [-0.3, -0.25) is 0 Å². The van der Waals surface area contributed by atoms with Gasteiger partial charge in [0, 0.05) is 19.3 Å². The summed E-state index contributed by atoms with van der Waals surface area (Å²) in [7, 11) is 0. The highest BCUT2D eigenvalue weighted by Crippen LogP contribution is 2.17. The Morgan fingerprint density at radius 3 is 2.60 bits per heavy atom. The minimum atomic E-state index is 0.698. The monoisotopic (exact) mass is 201 g/mol. The number of aromatic nitrogens is 1. The van der Waals surface area contributed by atoms with Crippen molar-refractivity contribution in [2.75, 3.05) is 18.0 Å². The van der Waals surface area contributed by atoms with E-state index >= 15 is 0 Å². The number of anilines is 1. The minimum absolute atomic E-state index is 0.698. The zero-order valence-electron chi connectivity index (χ0n) is 8.82. The van der Waals surface area contributed by atoms with Crippen LogP contribution in [0.15, 0.2) is 18.3 Å². The van der Waals surface area contributed by atoms with Gasteiger partial charge in [-0.25, -0.2) is 4.98 Å². The van der Waals surface area contributed by atoms with Crippen molar-refractivity contribution in [1.29, 1.82) is 5.26 Å². The zero-order valence-corrected chi connectivity index (χ0v) is 8.82. The molecule has 1 aromatic heterocycles. The van der Waals surface area contributed by atoms with Gasteiger partial charge in [-0.2, -0.15) is 5.26 Å². The van der Waals surface area contributed by atoms with Crippen LogP contribution in [-0.4, -0.2) is 18.1 Å². The number of nitriles is 1. The van der Waals surface area contributed by atoms with E-state index in [0.29, 0.717) is 5.56 Å². The summed E-state index contributed by atoms with van der Waals surface area (Å²) < 4.78 is 0. The SMILES string of the molecule is N#Cc1ccnc(N2CCCCCC2)c1. The molecule has 0 amide bonds. The molecule has 1 fully saturated rings. The van der Waals surface area contributed by atoms with E-state index in [1.54, 1.807) is 12.3 Å². The molecule has 1 aliphatic rings. The van der Waals surface area contributed by atoms with Crippen LogP contribution in [0.25, 0.3) is 0 Å². The number of hydrogen-bond acceptors (Lipinski definition) is 3. The molecule has 2 rings (SSSR count). The standard InChI is InChI=1S/C12H15N3/c13-10-11-5-6-14-12(9-11)15-7-3-1-2-4-8-15/h5-6,9H,1-4,7-8H2. The maximum atomic E-state index is 8.82. The van der Waals surface area contributed by atoms with Crippen molar-refractivity contribution in [1.82, 2.24) is 4.98 Å². The Kier molecular flexibility index (Phi) is 3.18. The van der Waals surface area contributed by atoms with Crippen LogP contribution >= 0.6 is 0 Å². The first-order chi connectivity index (χ1) is 7.40. The lowest BCUT2D eigenvalue weighted by Gasteiger charge is -2.21. The first kappa shape index (κ1) is 9.97. The Hall–Kier alpha value is -1.56. The van der Waals surface area contributed by atoms with E-state index in [2.05, 4.69) is 16.0 Å². The number of rotatable bonds is 1. The largest absolute Gasteiger partial charge is 0.357 e. The van der Waals surface area contributed by atoms with E-state index in [9.17, 15) is 0 Å². The van der Waals surface area contributed by atoms with Crippen LogP contribution in [0, 0.1) is 11.3 Å². The number of pyridine rings is 1. The van der Waals surface area contributed by atoms with Gasteiger partial charge in [-0.1, -0.05) is 12.8 Å². The van der Waals surface area contributed by atoms with Gasteiger partial charge >= 0.3 is 0 Å². The fraction of sp³-hybridized carbons (Fsp3) is 0.500. The van der Waals surface area contributed by atoms with Gasteiger partial charge in [0.2, 0.25) is 0 Å². The minimum Gasteiger partial charge on any atom is -0.357 e. The molecular formula is C12H15N3. The van der Waals surface area contributed by atoms with Crippen LogP contribution in [0.1, 0.15) is 31.2 Å². The summed E-state index contributed by atoms with van der Waals surface area (Å²) in [5, 5.41) is 8.82. The molecule has 0 bridgehead atoms. The van der Waals surface area contributed by atoms with Gasteiger partial charge < -0.3 is 4.90 Å². The van der Waals surface area contributed by atoms with Gasteiger partial charge in [0.15, 0.2) is 0 Å². The number of nitrogens with zero attached hydrogens (tertiary/aromatic N) is 3. The summed E-state index contributed by atoms with van der Waals surface area (Å²) in [6, 6.07) is 5.79. The smallest absolute Gasteiger partial charge is 0.129 e. The molecule has 3 heteroatoms. The summed E-state index contributed by atoms with van der Waals surface area (Å²) in [6.45, 7) is 2.14. The molecule has 78 valence electrons. The zero-order chi connectivity index (χ0) is 10.5.